The fourth-order valence-corrected chi connectivity index (χ4v) is 1.29. The Bertz CT molecular complexity index is 121. The summed E-state index contributed by atoms with van der Waals surface area (Å²) in [6.07, 6.45) is 0.757. The van der Waals surface area contributed by atoms with Crippen LogP contribution in [0.15, 0.2) is 0 Å². The highest BCUT2D eigenvalue weighted by Gasteiger charge is 2.33. The van der Waals surface area contributed by atoms with Gasteiger partial charge in [0.05, 0.1) is 12.2 Å². The zero-order chi connectivity index (χ0) is 8.32. The molecule has 1 unspecified atom stereocenters. The highest BCUT2D eigenvalue weighted by molar-refractivity contribution is 4.80. The Balaban J connectivity index is 2.45. The molecular formula is C8H16O3. The Morgan fingerprint density at radius 3 is 2.82 bits per heavy atom. The lowest BCUT2D eigenvalue weighted by atomic mass is 9.88. The first kappa shape index (κ1) is 8.97. The molecule has 1 N–H and O–H groups in total. The van der Waals surface area contributed by atoms with Crippen LogP contribution in [0.4, 0.5) is 0 Å². The molecule has 3 heteroatoms. The van der Waals surface area contributed by atoms with E-state index in [0.717, 1.165) is 6.42 Å². The number of ether oxygens (including phenoxy) is 2. The minimum Gasteiger partial charge on any atom is -0.396 e. The molecule has 1 heterocycles. The van der Waals surface area contributed by atoms with E-state index in [4.69, 9.17) is 14.6 Å². The van der Waals surface area contributed by atoms with Crippen LogP contribution in [0.25, 0.3) is 0 Å². The fraction of sp³-hybridized carbons (Fsp3) is 1.00. The fourth-order valence-electron chi connectivity index (χ4n) is 1.29. The summed E-state index contributed by atoms with van der Waals surface area (Å²) in [6.45, 7) is 5.37. The molecule has 0 saturated carbocycles. The molecule has 3 nitrogen and oxygen atoms in total. The van der Waals surface area contributed by atoms with E-state index in [1.54, 1.807) is 0 Å². The second kappa shape index (κ2) is 3.52. The Labute approximate surface area is 67.3 Å². The largest absolute Gasteiger partial charge is 0.396 e. The number of hydrogen-bond acceptors (Lipinski definition) is 3. The standard InChI is InChI=1S/C8H16O3/c1-8(2)7(3-4-9)5-10-6-11-8/h7,9H,3-6H2,1-2H3. The van der Waals surface area contributed by atoms with E-state index in [-0.39, 0.29) is 12.2 Å². The predicted molar refractivity (Wildman–Crippen MR) is 41.2 cm³/mol. The second-order valence-electron chi connectivity index (χ2n) is 3.45. The van der Waals surface area contributed by atoms with Crippen molar-refractivity contribution in [3.63, 3.8) is 0 Å². The Kier molecular flexibility index (Phi) is 2.87. The van der Waals surface area contributed by atoms with Crippen molar-refractivity contribution in [2.75, 3.05) is 20.0 Å². The second-order valence-corrected chi connectivity index (χ2v) is 3.45. The average Bonchev–Trinajstić information content (AvgIpc) is 1.94. The smallest absolute Gasteiger partial charge is 0.147 e. The summed E-state index contributed by atoms with van der Waals surface area (Å²) in [5.41, 5.74) is -0.138. The molecule has 1 fully saturated rings. The van der Waals surface area contributed by atoms with Crippen LogP contribution in [0.3, 0.4) is 0 Å². The summed E-state index contributed by atoms with van der Waals surface area (Å²) in [5.74, 6) is 0.321. The van der Waals surface area contributed by atoms with E-state index in [0.29, 0.717) is 19.3 Å². The minimum atomic E-state index is -0.138. The Morgan fingerprint density at radius 1 is 1.55 bits per heavy atom. The molecule has 0 spiro atoms. The molecule has 0 amide bonds. The zero-order valence-electron chi connectivity index (χ0n) is 7.17. The Morgan fingerprint density at radius 2 is 2.27 bits per heavy atom. The third kappa shape index (κ3) is 2.15. The van der Waals surface area contributed by atoms with E-state index in [2.05, 4.69) is 0 Å². The van der Waals surface area contributed by atoms with Crippen molar-refractivity contribution in [2.45, 2.75) is 25.9 Å². The number of aliphatic hydroxyl groups excluding tert-OH is 1. The van der Waals surface area contributed by atoms with Gasteiger partial charge in [-0.25, -0.2) is 0 Å². The summed E-state index contributed by atoms with van der Waals surface area (Å²) >= 11 is 0. The molecule has 1 atom stereocenters. The van der Waals surface area contributed by atoms with Gasteiger partial charge in [0.2, 0.25) is 0 Å². The summed E-state index contributed by atoms with van der Waals surface area (Å²) < 4.78 is 10.5. The van der Waals surface area contributed by atoms with Crippen molar-refractivity contribution in [2.24, 2.45) is 5.92 Å². The summed E-state index contributed by atoms with van der Waals surface area (Å²) in [6, 6.07) is 0. The first-order valence-corrected chi connectivity index (χ1v) is 3.99. The summed E-state index contributed by atoms with van der Waals surface area (Å²) in [5, 5.41) is 8.74. The topological polar surface area (TPSA) is 38.7 Å². The van der Waals surface area contributed by atoms with Gasteiger partial charge in [-0.1, -0.05) is 0 Å². The molecule has 0 bridgehead atoms. The lowest BCUT2D eigenvalue weighted by Crippen LogP contribution is -2.42. The molecule has 66 valence electrons. The van der Waals surface area contributed by atoms with Crippen LogP contribution in [0, 0.1) is 5.92 Å². The molecule has 0 aromatic heterocycles. The van der Waals surface area contributed by atoms with Gasteiger partial charge in [0, 0.05) is 12.5 Å². The van der Waals surface area contributed by atoms with Crippen molar-refractivity contribution < 1.29 is 14.6 Å². The summed E-state index contributed by atoms with van der Waals surface area (Å²) in [4.78, 5) is 0. The molecule has 11 heavy (non-hydrogen) atoms. The maximum absolute atomic E-state index is 8.74. The van der Waals surface area contributed by atoms with Gasteiger partial charge in [-0.2, -0.15) is 0 Å². The number of aliphatic hydroxyl groups is 1. The van der Waals surface area contributed by atoms with Gasteiger partial charge in [0.1, 0.15) is 6.79 Å². The normalized spacial score (nSPS) is 30.3. The highest BCUT2D eigenvalue weighted by Crippen LogP contribution is 2.27. The monoisotopic (exact) mass is 160 g/mol. The molecule has 0 aromatic rings. The van der Waals surface area contributed by atoms with Gasteiger partial charge in [0.25, 0.3) is 0 Å². The number of hydrogen-bond donors (Lipinski definition) is 1. The van der Waals surface area contributed by atoms with E-state index < -0.39 is 0 Å². The molecule has 0 aromatic carbocycles. The molecule has 1 aliphatic rings. The average molecular weight is 160 g/mol. The highest BCUT2D eigenvalue weighted by atomic mass is 16.7. The van der Waals surface area contributed by atoms with Crippen LogP contribution >= 0.6 is 0 Å². The van der Waals surface area contributed by atoms with Gasteiger partial charge >= 0.3 is 0 Å². The van der Waals surface area contributed by atoms with Crippen molar-refractivity contribution in [1.29, 1.82) is 0 Å². The first-order valence-electron chi connectivity index (χ1n) is 3.99. The predicted octanol–water partition coefficient (Wildman–Crippen LogP) is 0.768. The van der Waals surface area contributed by atoms with E-state index in [9.17, 15) is 0 Å². The Hall–Kier alpha value is -0.120. The van der Waals surface area contributed by atoms with Gasteiger partial charge in [0.15, 0.2) is 0 Å². The van der Waals surface area contributed by atoms with Crippen LogP contribution in [0.5, 0.6) is 0 Å². The van der Waals surface area contributed by atoms with E-state index >= 15 is 0 Å². The third-order valence-corrected chi connectivity index (χ3v) is 2.29. The van der Waals surface area contributed by atoms with Crippen molar-refractivity contribution in [3.05, 3.63) is 0 Å². The molecule has 0 radical (unpaired) electrons. The zero-order valence-corrected chi connectivity index (χ0v) is 7.17. The van der Waals surface area contributed by atoms with Crippen molar-refractivity contribution >= 4 is 0 Å². The lowest BCUT2D eigenvalue weighted by Gasteiger charge is -2.37. The SMILES string of the molecule is CC1(C)OCOCC1CCO. The van der Waals surface area contributed by atoms with Crippen LogP contribution in [-0.2, 0) is 9.47 Å². The summed E-state index contributed by atoms with van der Waals surface area (Å²) in [7, 11) is 0. The van der Waals surface area contributed by atoms with Crippen LogP contribution < -0.4 is 0 Å². The molecule has 1 saturated heterocycles. The van der Waals surface area contributed by atoms with Crippen LogP contribution in [0.1, 0.15) is 20.3 Å². The molecule has 1 aliphatic heterocycles. The third-order valence-electron chi connectivity index (χ3n) is 2.29. The van der Waals surface area contributed by atoms with Gasteiger partial charge in [-0.15, -0.1) is 0 Å². The minimum absolute atomic E-state index is 0.138. The van der Waals surface area contributed by atoms with E-state index in [1.165, 1.54) is 0 Å². The van der Waals surface area contributed by atoms with Gasteiger partial charge in [-0.3, -0.25) is 0 Å². The first-order chi connectivity index (χ1) is 5.17. The molecular weight excluding hydrogens is 144 g/mol. The van der Waals surface area contributed by atoms with Gasteiger partial charge in [-0.05, 0) is 20.3 Å². The van der Waals surface area contributed by atoms with E-state index in [1.807, 2.05) is 13.8 Å². The molecule has 0 aliphatic carbocycles. The van der Waals surface area contributed by atoms with Crippen molar-refractivity contribution in [3.8, 4) is 0 Å². The lowest BCUT2D eigenvalue weighted by molar-refractivity contribution is -0.213. The number of rotatable bonds is 2. The van der Waals surface area contributed by atoms with Crippen LogP contribution in [0.2, 0.25) is 0 Å². The maximum Gasteiger partial charge on any atom is 0.147 e. The van der Waals surface area contributed by atoms with Gasteiger partial charge < -0.3 is 14.6 Å². The maximum atomic E-state index is 8.74. The van der Waals surface area contributed by atoms with Crippen LogP contribution in [-0.4, -0.2) is 30.7 Å². The van der Waals surface area contributed by atoms with Crippen molar-refractivity contribution in [1.82, 2.24) is 0 Å². The quantitative estimate of drug-likeness (QED) is 0.648. The molecule has 1 rings (SSSR count).